The Morgan fingerprint density at radius 1 is 1.56 bits per heavy atom. The second-order valence-electron chi connectivity index (χ2n) is 3.21. The first-order valence-electron chi connectivity index (χ1n) is 4.59. The number of hydrogen-bond acceptors (Lipinski definition) is 2. The zero-order valence-corrected chi connectivity index (χ0v) is 10.3. The van der Waals surface area contributed by atoms with Crippen molar-refractivity contribution in [2.45, 2.75) is 6.92 Å². The van der Waals surface area contributed by atoms with E-state index in [0.29, 0.717) is 10.1 Å². The number of nitrogens with two attached hydrogens (primary N) is 1. The van der Waals surface area contributed by atoms with Crippen molar-refractivity contribution in [1.29, 1.82) is 0 Å². The van der Waals surface area contributed by atoms with Crippen LogP contribution in [0.15, 0.2) is 18.2 Å². The zero-order valence-electron chi connectivity index (χ0n) is 8.71. The molecular formula is C10H12ClN3OS. The molecule has 1 aromatic carbocycles. The molecule has 0 aliphatic rings. The third-order valence-electron chi connectivity index (χ3n) is 1.88. The topological polar surface area (TPSA) is 67.2 Å². The second-order valence-corrected chi connectivity index (χ2v) is 4.02. The molecule has 0 spiro atoms. The van der Waals surface area contributed by atoms with Crippen LogP contribution < -0.4 is 16.4 Å². The van der Waals surface area contributed by atoms with Crippen molar-refractivity contribution in [1.82, 2.24) is 5.32 Å². The predicted molar refractivity (Wildman–Crippen MR) is 69.6 cm³/mol. The number of benzene rings is 1. The highest BCUT2D eigenvalue weighted by Crippen LogP contribution is 2.24. The van der Waals surface area contributed by atoms with E-state index in [2.05, 4.69) is 10.6 Å². The van der Waals surface area contributed by atoms with Crippen molar-refractivity contribution in [3.05, 3.63) is 28.8 Å². The molecule has 0 fully saturated rings. The normalized spacial score (nSPS) is 9.62. The first-order valence-corrected chi connectivity index (χ1v) is 5.37. The number of primary amides is 1. The largest absolute Gasteiger partial charge is 0.368 e. The highest BCUT2D eigenvalue weighted by atomic mass is 35.5. The molecule has 1 rings (SSSR count). The van der Waals surface area contributed by atoms with Crippen LogP contribution in [-0.2, 0) is 4.79 Å². The Bertz CT molecular complexity index is 402. The predicted octanol–water partition coefficient (Wildman–Crippen LogP) is 1.42. The Hall–Kier alpha value is -1.33. The van der Waals surface area contributed by atoms with Gasteiger partial charge in [0, 0.05) is 0 Å². The number of hydrogen-bond donors (Lipinski definition) is 3. The van der Waals surface area contributed by atoms with Crippen LogP contribution in [0.3, 0.4) is 0 Å². The molecule has 16 heavy (non-hydrogen) atoms. The summed E-state index contributed by atoms with van der Waals surface area (Å²) in [7, 11) is 0. The second kappa shape index (κ2) is 5.67. The molecule has 0 saturated carbocycles. The Morgan fingerprint density at radius 3 is 2.81 bits per heavy atom. The number of rotatable bonds is 3. The molecule has 0 bridgehead atoms. The van der Waals surface area contributed by atoms with Gasteiger partial charge in [-0.1, -0.05) is 23.7 Å². The third kappa shape index (κ3) is 3.67. The number of carbonyl (C=O) groups excluding carboxylic acids is 1. The molecule has 0 radical (unpaired) electrons. The smallest absolute Gasteiger partial charge is 0.236 e. The SMILES string of the molecule is Cc1cccc(Cl)c1NC(=S)NCC(N)=O. The number of halogens is 1. The highest BCUT2D eigenvalue weighted by Gasteiger charge is 2.05. The van der Waals surface area contributed by atoms with E-state index < -0.39 is 5.91 Å². The quantitative estimate of drug-likeness (QED) is 0.717. The third-order valence-corrected chi connectivity index (χ3v) is 2.45. The van der Waals surface area contributed by atoms with Crippen molar-refractivity contribution in [2.24, 2.45) is 5.73 Å². The molecule has 0 aromatic heterocycles. The van der Waals surface area contributed by atoms with Gasteiger partial charge in [-0.2, -0.15) is 0 Å². The molecule has 1 amide bonds. The number of anilines is 1. The number of aryl methyl sites for hydroxylation is 1. The molecule has 86 valence electrons. The lowest BCUT2D eigenvalue weighted by Crippen LogP contribution is -2.36. The number of para-hydroxylation sites is 1. The van der Waals surface area contributed by atoms with E-state index in [1.807, 2.05) is 19.1 Å². The van der Waals surface area contributed by atoms with E-state index in [1.54, 1.807) is 6.07 Å². The summed E-state index contributed by atoms with van der Waals surface area (Å²) in [5.41, 5.74) is 6.68. The van der Waals surface area contributed by atoms with E-state index in [-0.39, 0.29) is 6.54 Å². The summed E-state index contributed by atoms with van der Waals surface area (Å²) in [6, 6.07) is 5.52. The standard InChI is InChI=1S/C10H12ClN3OS/c1-6-3-2-4-7(11)9(6)14-10(16)13-5-8(12)15/h2-4H,5H2,1H3,(H2,12,15)(H2,13,14,16). The van der Waals surface area contributed by atoms with Gasteiger partial charge in [0.1, 0.15) is 0 Å². The first-order chi connectivity index (χ1) is 7.50. The summed E-state index contributed by atoms with van der Waals surface area (Å²) < 4.78 is 0. The number of amides is 1. The van der Waals surface area contributed by atoms with Crippen molar-refractivity contribution in [2.75, 3.05) is 11.9 Å². The van der Waals surface area contributed by atoms with Gasteiger partial charge < -0.3 is 16.4 Å². The Labute approximate surface area is 104 Å². The van der Waals surface area contributed by atoms with Crippen molar-refractivity contribution in [3.63, 3.8) is 0 Å². The van der Waals surface area contributed by atoms with Crippen LogP contribution in [0.25, 0.3) is 0 Å². The zero-order chi connectivity index (χ0) is 12.1. The maximum Gasteiger partial charge on any atom is 0.236 e. The van der Waals surface area contributed by atoms with Gasteiger partial charge in [-0.15, -0.1) is 0 Å². The molecule has 0 saturated heterocycles. The Morgan fingerprint density at radius 2 is 2.25 bits per heavy atom. The van der Waals surface area contributed by atoms with Gasteiger partial charge >= 0.3 is 0 Å². The van der Waals surface area contributed by atoms with Gasteiger partial charge in [0.15, 0.2) is 5.11 Å². The van der Waals surface area contributed by atoms with Gasteiger partial charge in [0.25, 0.3) is 0 Å². The molecule has 0 aliphatic heterocycles. The number of carbonyl (C=O) groups is 1. The van der Waals surface area contributed by atoms with Crippen molar-refractivity contribution < 1.29 is 4.79 Å². The van der Waals surface area contributed by atoms with Crippen LogP contribution in [0.1, 0.15) is 5.56 Å². The number of thiocarbonyl (C=S) groups is 1. The average Bonchev–Trinajstić information content (AvgIpc) is 2.21. The van der Waals surface area contributed by atoms with Gasteiger partial charge in [0.05, 0.1) is 17.3 Å². The molecule has 1 aromatic rings. The fraction of sp³-hybridized carbons (Fsp3) is 0.200. The van der Waals surface area contributed by atoms with Crippen LogP contribution in [0.2, 0.25) is 5.02 Å². The summed E-state index contributed by atoms with van der Waals surface area (Å²) in [5.74, 6) is -0.472. The minimum atomic E-state index is -0.472. The first kappa shape index (κ1) is 12.7. The molecule has 4 nitrogen and oxygen atoms in total. The fourth-order valence-electron chi connectivity index (χ4n) is 1.12. The van der Waals surface area contributed by atoms with E-state index in [9.17, 15) is 4.79 Å². The average molecular weight is 258 g/mol. The van der Waals surface area contributed by atoms with Gasteiger partial charge in [-0.3, -0.25) is 4.79 Å². The van der Waals surface area contributed by atoms with Crippen LogP contribution in [0.5, 0.6) is 0 Å². The Kier molecular flexibility index (Phi) is 4.52. The summed E-state index contributed by atoms with van der Waals surface area (Å²) in [6.45, 7) is 1.90. The van der Waals surface area contributed by atoms with Crippen molar-refractivity contribution in [3.8, 4) is 0 Å². The maximum absolute atomic E-state index is 10.5. The Balaban J connectivity index is 2.66. The van der Waals surface area contributed by atoms with E-state index in [1.165, 1.54) is 0 Å². The lowest BCUT2D eigenvalue weighted by molar-refractivity contribution is -0.116. The van der Waals surface area contributed by atoms with Gasteiger partial charge in [-0.25, -0.2) is 0 Å². The van der Waals surface area contributed by atoms with E-state index in [0.717, 1.165) is 11.3 Å². The van der Waals surface area contributed by atoms with Crippen LogP contribution >= 0.6 is 23.8 Å². The minimum absolute atomic E-state index is 0.00463. The monoisotopic (exact) mass is 257 g/mol. The molecule has 0 atom stereocenters. The van der Waals surface area contributed by atoms with Gasteiger partial charge in [0.2, 0.25) is 5.91 Å². The van der Waals surface area contributed by atoms with E-state index >= 15 is 0 Å². The molecule has 0 aliphatic carbocycles. The summed E-state index contributed by atoms with van der Waals surface area (Å²) >= 11 is 11.0. The van der Waals surface area contributed by atoms with Crippen molar-refractivity contribution >= 4 is 40.5 Å². The summed E-state index contributed by atoms with van der Waals surface area (Å²) in [5, 5.41) is 6.47. The maximum atomic E-state index is 10.5. The van der Waals surface area contributed by atoms with E-state index in [4.69, 9.17) is 29.6 Å². The molecular weight excluding hydrogens is 246 g/mol. The van der Waals surface area contributed by atoms with Crippen LogP contribution in [0, 0.1) is 6.92 Å². The lowest BCUT2D eigenvalue weighted by Gasteiger charge is -2.12. The molecule has 6 heteroatoms. The highest BCUT2D eigenvalue weighted by molar-refractivity contribution is 7.80. The molecule has 4 N–H and O–H groups in total. The molecule has 0 heterocycles. The van der Waals surface area contributed by atoms with Gasteiger partial charge in [-0.05, 0) is 30.8 Å². The summed E-state index contributed by atoms with van der Waals surface area (Å²) in [6.07, 6.45) is 0. The van der Waals surface area contributed by atoms with Crippen LogP contribution in [0.4, 0.5) is 5.69 Å². The number of nitrogens with one attached hydrogen (secondary N) is 2. The minimum Gasteiger partial charge on any atom is -0.368 e. The molecule has 0 unspecified atom stereocenters. The lowest BCUT2D eigenvalue weighted by atomic mass is 10.2. The summed E-state index contributed by atoms with van der Waals surface area (Å²) in [4.78, 5) is 10.5. The van der Waals surface area contributed by atoms with Crippen LogP contribution in [-0.4, -0.2) is 17.6 Å². The fourth-order valence-corrected chi connectivity index (χ4v) is 1.56.